The van der Waals surface area contributed by atoms with Gasteiger partial charge in [-0.05, 0) is 42.8 Å². The van der Waals surface area contributed by atoms with Crippen molar-refractivity contribution in [2.24, 2.45) is 0 Å². The summed E-state index contributed by atoms with van der Waals surface area (Å²) in [6.07, 6.45) is 0.952. The Morgan fingerprint density at radius 2 is 1.83 bits per heavy atom. The number of carbonyl (C=O) groups excluding carboxylic acids is 1. The Labute approximate surface area is 177 Å². The zero-order chi connectivity index (χ0) is 21.6. The first kappa shape index (κ1) is 21.1. The van der Waals surface area contributed by atoms with Crippen LogP contribution in [0, 0.1) is 11.3 Å². The van der Waals surface area contributed by atoms with Crippen molar-refractivity contribution >= 4 is 11.7 Å². The van der Waals surface area contributed by atoms with Gasteiger partial charge < -0.3 is 10.1 Å². The van der Waals surface area contributed by atoms with Crippen molar-refractivity contribution in [3.8, 4) is 17.5 Å². The van der Waals surface area contributed by atoms with Crippen LogP contribution in [0.15, 0.2) is 60.7 Å². The number of amides is 1. The van der Waals surface area contributed by atoms with Crippen LogP contribution in [0.5, 0.6) is 5.75 Å². The molecule has 1 amide bonds. The van der Waals surface area contributed by atoms with E-state index < -0.39 is 0 Å². The quantitative estimate of drug-likeness (QED) is 0.574. The van der Waals surface area contributed by atoms with E-state index in [-0.39, 0.29) is 11.3 Å². The van der Waals surface area contributed by atoms with Gasteiger partial charge in [0.2, 0.25) is 5.91 Å². The summed E-state index contributed by atoms with van der Waals surface area (Å²) in [7, 11) is 0. The fourth-order valence-electron chi connectivity index (χ4n) is 2.86. The normalized spacial score (nSPS) is 11.0. The molecule has 0 unspecified atom stereocenters. The van der Waals surface area contributed by atoms with Gasteiger partial charge in [-0.15, -0.1) is 0 Å². The van der Waals surface area contributed by atoms with E-state index in [1.807, 2.05) is 48.5 Å². The molecule has 0 aliphatic rings. The summed E-state index contributed by atoms with van der Waals surface area (Å²) in [6.45, 7) is 6.69. The number of carbonyl (C=O) groups is 1. The molecule has 1 aromatic heterocycles. The molecule has 154 valence electrons. The molecule has 6 heteroatoms. The van der Waals surface area contributed by atoms with E-state index in [0.29, 0.717) is 30.8 Å². The minimum Gasteiger partial charge on any atom is -0.494 e. The summed E-state index contributed by atoms with van der Waals surface area (Å²) in [5.41, 5.74) is 2.06. The molecule has 30 heavy (non-hydrogen) atoms. The van der Waals surface area contributed by atoms with Crippen LogP contribution in [-0.4, -0.2) is 22.3 Å². The first-order valence-electron chi connectivity index (χ1n) is 9.95. The number of nitriles is 1. The highest BCUT2D eigenvalue weighted by Gasteiger charge is 2.21. The van der Waals surface area contributed by atoms with Crippen LogP contribution in [0.1, 0.15) is 44.9 Å². The van der Waals surface area contributed by atoms with Gasteiger partial charge in [0.05, 0.1) is 29.6 Å². The monoisotopic (exact) mass is 402 g/mol. The fraction of sp³-hybridized carbons (Fsp3) is 0.292. The third kappa shape index (κ3) is 5.48. The molecule has 0 aliphatic heterocycles. The lowest BCUT2D eigenvalue weighted by molar-refractivity contribution is -0.116. The van der Waals surface area contributed by atoms with Gasteiger partial charge in [0.1, 0.15) is 11.6 Å². The number of para-hydroxylation sites is 1. The highest BCUT2D eigenvalue weighted by molar-refractivity contribution is 5.90. The molecule has 3 aromatic rings. The number of hydrogen-bond acceptors (Lipinski definition) is 4. The summed E-state index contributed by atoms with van der Waals surface area (Å²) >= 11 is 0. The molecule has 6 nitrogen and oxygen atoms in total. The van der Waals surface area contributed by atoms with Crippen molar-refractivity contribution in [1.29, 1.82) is 5.26 Å². The second kappa shape index (κ2) is 9.27. The SMILES string of the molecule is CC(C)(C)c1cc(NC(=O)CCCOc2ccccc2)n(-c2ccc(C#N)cc2)n1. The molecule has 0 aliphatic carbocycles. The van der Waals surface area contributed by atoms with Gasteiger partial charge in [0, 0.05) is 17.9 Å². The maximum atomic E-state index is 12.5. The van der Waals surface area contributed by atoms with Crippen molar-refractivity contribution in [2.45, 2.75) is 39.0 Å². The molecule has 0 bridgehead atoms. The molecule has 1 N–H and O–H groups in total. The molecule has 0 saturated carbocycles. The first-order valence-corrected chi connectivity index (χ1v) is 9.95. The average Bonchev–Trinajstić information content (AvgIpc) is 3.16. The second-order valence-electron chi connectivity index (χ2n) is 8.05. The molecule has 2 aromatic carbocycles. The number of anilines is 1. The molecule has 3 rings (SSSR count). The fourth-order valence-corrected chi connectivity index (χ4v) is 2.86. The minimum atomic E-state index is -0.166. The van der Waals surface area contributed by atoms with Crippen LogP contribution in [0.25, 0.3) is 5.69 Å². The van der Waals surface area contributed by atoms with Gasteiger partial charge in [-0.2, -0.15) is 10.4 Å². The van der Waals surface area contributed by atoms with Gasteiger partial charge in [-0.3, -0.25) is 4.79 Å². The van der Waals surface area contributed by atoms with E-state index in [2.05, 4.69) is 32.2 Å². The summed E-state index contributed by atoms with van der Waals surface area (Å²) in [5.74, 6) is 1.31. The number of hydrogen-bond donors (Lipinski definition) is 1. The number of rotatable bonds is 7. The Balaban J connectivity index is 1.68. The lowest BCUT2D eigenvalue weighted by Crippen LogP contribution is -2.15. The second-order valence-corrected chi connectivity index (χ2v) is 8.05. The van der Waals surface area contributed by atoms with Crippen molar-refractivity contribution in [3.63, 3.8) is 0 Å². The number of aromatic nitrogens is 2. The Hall–Kier alpha value is -3.59. The largest absolute Gasteiger partial charge is 0.494 e. The van der Waals surface area contributed by atoms with Crippen LogP contribution in [0.2, 0.25) is 0 Å². The average molecular weight is 402 g/mol. The van der Waals surface area contributed by atoms with Crippen LogP contribution in [0.3, 0.4) is 0 Å². The predicted molar refractivity (Wildman–Crippen MR) is 117 cm³/mol. The van der Waals surface area contributed by atoms with Crippen molar-refractivity contribution in [3.05, 3.63) is 71.9 Å². The van der Waals surface area contributed by atoms with E-state index in [4.69, 9.17) is 15.1 Å². The first-order chi connectivity index (χ1) is 14.4. The molecule has 0 atom stereocenters. The maximum absolute atomic E-state index is 12.5. The number of nitrogens with one attached hydrogen (secondary N) is 1. The summed E-state index contributed by atoms with van der Waals surface area (Å²) in [6, 6.07) is 20.7. The van der Waals surface area contributed by atoms with Crippen LogP contribution in [0.4, 0.5) is 5.82 Å². The number of ether oxygens (including phenoxy) is 1. The third-order valence-electron chi connectivity index (χ3n) is 4.55. The van der Waals surface area contributed by atoms with Gasteiger partial charge in [0.15, 0.2) is 0 Å². The topological polar surface area (TPSA) is 79.9 Å². The zero-order valence-electron chi connectivity index (χ0n) is 17.6. The molecule has 0 radical (unpaired) electrons. The van der Waals surface area contributed by atoms with Crippen LogP contribution in [-0.2, 0) is 10.2 Å². The maximum Gasteiger partial charge on any atom is 0.225 e. The summed E-state index contributed by atoms with van der Waals surface area (Å²) in [4.78, 5) is 12.5. The Morgan fingerprint density at radius 3 is 2.47 bits per heavy atom. The molecular formula is C24H26N4O2. The van der Waals surface area contributed by atoms with E-state index >= 15 is 0 Å². The molecule has 0 spiro atoms. The van der Waals surface area contributed by atoms with Gasteiger partial charge in [0.25, 0.3) is 0 Å². The summed E-state index contributed by atoms with van der Waals surface area (Å²) in [5, 5.41) is 16.7. The van der Waals surface area contributed by atoms with E-state index in [1.54, 1.807) is 16.8 Å². The lowest BCUT2D eigenvalue weighted by atomic mass is 9.92. The van der Waals surface area contributed by atoms with Gasteiger partial charge >= 0.3 is 0 Å². The molecule has 0 fully saturated rings. The van der Waals surface area contributed by atoms with Crippen molar-refractivity contribution in [1.82, 2.24) is 9.78 Å². The van der Waals surface area contributed by atoms with Crippen molar-refractivity contribution < 1.29 is 9.53 Å². The lowest BCUT2D eigenvalue weighted by Gasteiger charge is -2.14. The molecule has 0 saturated heterocycles. The van der Waals surface area contributed by atoms with E-state index in [9.17, 15) is 4.79 Å². The standard InChI is InChI=1S/C24H26N4O2/c1-24(2,3)21-16-22(28(27-21)19-13-11-18(17-25)12-14-19)26-23(29)10-7-15-30-20-8-5-4-6-9-20/h4-6,8-9,11-14,16H,7,10,15H2,1-3H3,(H,26,29). The zero-order valence-corrected chi connectivity index (χ0v) is 17.6. The molecule has 1 heterocycles. The van der Waals surface area contributed by atoms with Crippen LogP contribution < -0.4 is 10.1 Å². The van der Waals surface area contributed by atoms with Crippen LogP contribution >= 0.6 is 0 Å². The smallest absolute Gasteiger partial charge is 0.225 e. The van der Waals surface area contributed by atoms with E-state index in [0.717, 1.165) is 17.1 Å². The Morgan fingerprint density at radius 1 is 1.13 bits per heavy atom. The molecular weight excluding hydrogens is 376 g/mol. The van der Waals surface area contributed by atoms with Gasteiger partial charge in [-0.25, -0.2) is 4.68 Å². The Bertz CT molecular complexity index is 1030. The van der Waals surface area contributed by atoms with Gasteiger partial charge in [-0.1, -0.05) is 39.0 Å². The highest BCUT2D eigenvalue weighted by atomic mass is 16.5. The highest BCUT2D eigenvalue weighted by Crippen LogP contribution is 2.26. The van der Waals surface area contributed by atoms with Crippen molar-refractivity contribution in [2.75, 3.05) is 11.9 Å². The number of benzene rings is 2. The number of nitrogens with zero attached hydrogens (tertiary/aromatic N) is 3. The minimum absolute atomic E-state index is 0.0954. The third-order valence-corrected chi connectivity index (χ3v) is 4.55. The predicted octanol–water partition coefficient (Wildman–Crippen LogP) is 4.84. The Kier molecular flexibility index (Phi) is 6.53. The van der Waals surface area contributed by atoms with E-state index in [1.165, 1.54) is 0 Å². The summed E-state index contributed by atoms with van der Waals surface area (Å²) < 4.78 is 7.35.